The topological polar surface area (TPSA) is 91.3 Å². The quantitative estimate of drug-likeness (QED) is 0.801. The van der Waals surface area contributed by atoms with Crippen LogP contribution >= 0.6 is 22.9 Å². The van der Waals surface area contributed by atoms with Crippen LogP contribution in [0, 0.1) is 13.8 Å². The zero-order valence-electron chi connectivity index (χ0n) is 11.2. The number of aryl methyl sites for hydroxylation is 1. The average Bonchev–Trinajstić information content (AvgIpc) is 2.67. The van der Waals surface area contributed by atoms with Gasteiger partial charge in [0.1, 0.15) is 5.00 Å². The van der Waals surface area contributed by atoms with Gasteiger partial charge in [-0.05, 0) is 25.5 Å². The minimum absolute atomic E-state index is 0.102. The molecule has 6 nitrogen and oxygen atoms in total. The number of rotatable bonds is 3. The molecule has 0 spiro atoms. The summed E-state index contributed by atoms with van der Waals surface area (Å²) in [4.78, 5) is 27.9. The van der Waals surface area contributed by atoms with Gasteiger partial charge in [0.15, 0.2) is 0 Å². The first-order valence-corrected chi connectivity index (χ1v) is 7.10. The number of carboxylic acid groups (broad SMARTS) is 1. The van der Waals surface area contributed by atoms with Gasteiger partial charge in [0, 0.05) is 11.1 Å². The van der Waals surface area contributed by atoms with E-state index < -0.39 is 12.0 Å². The van der Waals surface area contributed by atoms with Gasteiger partial charge >= 0.3 is 12.0 Å². The lowest BCUT2D eigenvalue weighted by molar-refractivity contribution is 0.0697. The number of aromatic carboxylic acids is 1. The summed E-state index contributed by atoms with van der Waals surface area (Å²) in [5.74, 6) is -1.08. The molecule has 0 aromatic carbocycles. The van der Waals surface area contributed by atoms with Crippen molar-refractivity contribution in [2.75, 3.05) is 10.6 Å². The minimum Gasteiger partial charge on any atom is -0.478 e. The second kappa shape index (κ2) is 6.11. The molecule has 0 aliphatic carbocycles. The van der Waals surface area contributed by atoms with Gasteiger partial charge in [-0.1, -0.05) is 11.6 Å². The molecule has 2 aromatic heterocycles. The Hall–Kier alpha value is -2.12. The summed E-state index contributed by atoms with van der Waals surface area (Å²) in [6.45, 7) is 3.50. The van der Waals surface area contributed by atoms with Crippen molar-refractivity contribution >= 4 is 45.6 Å². The van der Waals surface area contributed by atoms with E-state index in [-0.39, 0.29) is 10.6 Å². The number of aromatic nitrogens is 1. The molecule has 8 heteroatoms. The van der Waals surface area contributed by atoms with Gasteiger partial charge in [0.25, 0.3) is 0 Å². The number of hydrogen-bond donors (Lipinski definition) is 3. The molecule has 0 atom stereocenters. The van der Waals surface area contributed by atoms with E-state index in [0.717, 1.165) is 4.88 Å². The van der Waals surface area contributed by atoms with Crippen LogP contribution in [0.2, 0.25) is 5.02 Å². The van der Waals surface area contributed by atoms with Gasteiger partial charge in [0.2, 0.25) is 0 Å². The number of carbonyl (C=O) groups is 2. The molecule has 2 heterocycles. The molecule has 0 bridgehead atoms. The number of carboxylic acids is 1. The molecule has 21 heavy (non-hydrogen) atoms. The monoisotopic (exact) mass is 325 g/mol. The van der Waals surface area contributed by atoms with E-state index in [9.17, 15) is 14.7 Å². The van der Waals surface area contributed by atoms with Gasteiger partial charge in [-0.2, -0.15) is 0 Å². The lowest BCUT2D eigenvalue weighted by atomic mass is 10.1. The highest BCUT2D eigenvalue weighted by Gasteiger charge is 2.20. The summed E-state index contributed by atoms with van der Waals surface area (Å²) >= 11 is 7.12. The summed E-state index contributed by atoms with van der Waals surface area (Å²) < 4.78 is 0. The van der Waals surface area contributed by atoms with Crippen molar-refractivity contribution < 1.29 is 14.7 Å². The maximum Gasteiger partial charge on any atom is 0.338 e. The molecule has 0 radical (unpaired) electrons. The molecule has 3 N–H and O–H groups in total. The standard InChI is InChI=1S/C13H12ClN3O3S/c1-6-7(2)21-11(10(6)12(18)19)17-13(20)16-9-5-15-4-3-8(9)14/h3-5H,1-2H3,(H,18,19)(H2,16,17,20). The predicted molar refractivity (Wildman–Crippen MR) is 82.6 cm³/mol. The van der Waals surface area contributed by atoms with Crippen LogP contribution in [0.4, 0.5) is 15.5 Å². The number of carbonyl (C=O) groups excluding carboxylic acids is 1. The second-order valence-corrected chi connectivity index (χ2v) is 5.86. The SMILES string of the molecule is Cc1sc(NC(=O)Nc2cnccc2Cl)c(C(=O)O)c1C. The van der Waals surface area contributed by atoms with Gasteiger partial charge < -0.3 is 10.4 Å². The van der Waals surface area contributed by atoms with Crippen LogP contribution in [-0.4, -0.2) is 22.1 Å². The Labute approximate surface area is 129 Å². The highest BCUT2D eigenvalue weighted by atomic mass is 35.5. The Morgan fingerprint density at radius 1 is 1.33 bits per heavy atom. The number of pyridine rings is 1. The molecule has 0 unspecified atom stereocenters. The van der Waals surface area contributed by atoms with Crippen molar-refractivity contribution in [2.45, 2.75) is 13.8 Å². The van der Waals surface area contributed by atoms with Crippen LogP contribution in [0.3, 0.4) is 0 Å². The summed E-state index contributed by atoms with van der Waals surface area (Å²) in [5, 5.41) is 14.9. The van der Waals surface area contributed by atoms with Crippen molar-refractivity contribution in [3.05, 3.63) is 39.5 Å². The van der Waals surface area contributed by atoms with E-state index in [1.807, 2.05) is 0 Å². The predicted octanol–water partition coefficient (Wildman–Crippen LogP) is 3.76. The number of nitrogens with zero attached hydrogens (tertiary/aromatic N) is 1. The van der Waals surface area contributed by atoms with Gasteiger partial charge in [-0.25, -0.2) is 9.59 Å². The van der Waals surface area contributed by atoms with Crippen molar-refractivity contribution in [1.29, 1.82) is 0 Å². The first-order chi connectivity index (χ1) is 9.90. The van der Waals surface area contributed by atoms with E-state index in [2.05, 4.69) is 15.6 Å². The number of anilines is 2. The maximum absolute atomic E-state index is 11.9. The number of urea groups is 1. The van der Waals surface area contributed by atoms with Crippen LogP contribution < -0.4 is 10.6 Å². The lowest BCUT2D eigenvalue weighted by Crippen LogP contribution is -2.20. The van der Waals surface area contributed by atoms with E-state index >= 15 is 0 Å². The molecule has 0 fully saturated rings. The van der Waals surface area contributed by atoms with Crippen LogP contribution in [0.5, 0.6) is 0 Å². The molecule has 2 amide bonds. The molecule has 110 valence electrons. The Bertz CT molecular complexity index is 715. The zero-order valence-corrected chi connectivity index (χ0v) is 12.8. The van der Waals surface area contributed by atoms with Gasteiger partial charge in [-0.15, -0.1) is 11.3 Å². The van der Waals surface area contributed by atoms with Crippen LogP contribution in [0.1, 0.15) is 20.8 Å². The van der Waals surface area contributed by atoms with Crippen molar-refractivity contribution in [1.82, 2.24) is 4.98 Å². The van der Waals surface area contributed by atoms with Crippen molar-refractivity contribution in [2.24, 2.45) is 0 Å². The number of nitrogens with one attached hydrogen (secondary N) is 2. The Morgan fingerprint density at radius 3 is 2.67 bits per heavy atom. The Kier molecular flexibility index (Phi) is 4.44. The van der Waals surface area contributed by atoms with E-state index in [0.29, 0.717) is 16.3 Å². The maximum atomic E-state index is 11.9. The Morgan fingerprint density at radius 2 is 2.05 bits per heavy atom. The number of halogens is 1. The smallest absolute Gasteiger partial charge is 0.338 e. The van der Waals surface area contributed by atoms with E-state index in [4.69, 9.17) is 11.6 Å². The molecule has 2 rings (SSSR count). The number of thiophene rings is 1. The summed E-state index contributed by atoms with van der Waals surface area (Å²) in [6, 6.07) is 0.966. The second-order valence-electron chi connectivity index (χ2n) is 4.23. The van der Waals surface area contributed by atoms with E-state index in [1.54, 1.807) is 19.9 Å². The van der Waals surface area contributed by atoms with Crippen LogP contribution in [-0.2, 0) is 0 Å². The highest BCUT2D eigenvalue weighted by Crippen LogP contribution is 2.32. The highest BCUT2D eigenvalue weighted by molar-refractivity contribution is 7.16. The van der Waals surface area contributed by atoms with Gasteiger partial charge in [0.05, 0.1) is 22.5 Å². The fourth-order valence-corrected chi connectivity index (χ4v) is 2.90. The number of hydrogen-bond acceptors (Lipinski definition) is 4. The number of amides is 2. The van der Waals surface area contributed by atoms with Crippen LogP contribution in [0.25, 0.3) is 0 Å². The average molecular weight is 326 g/mol. The molecule has 0 saturated carbocycles. The first kappa shape index (κ1) is 15.3. The normalized spacial score (nSPS) is 10.2. The van der Waals surface area contributed by atoms with E-state index in [1.165, 1.54) is 23.7 Å². The third kappa shape index (κ3) is 3.32. The molecule has 2 aromatic rings. The summed E-state index contributed by atoms with van der Waals surface area (Å²) in [5.41, 5.74) is 1.09. The van der Waals surface area contributed by atoms with Crippen LogP contribution in [0.15, 0.2) is 18.5 Å². The first-order valence-electron chi connectivity index (χ1n) is 5.91. The van der Waals surface area contributed by atoms with Gasteiger partial charge in [-0.3, -0.25) is 10.3 Å². The zero-order chi connectivity index (χ0) is 15.6. The largest absolute Gasteiger partial charge is 0.478 e. The third-order valence-corrected chi connectivity index (χ3v) is 4.29. The molecular weight excluding hydrogens is 314 g/mol. The van der Waals surface area contributed by atoms with Crippen molar-refractivity contribution in [3.63, 3.8) is 0 Å². The minimum atomic E-state index is -1.08. The molecule has 0 aliphatic rings. The molecule has 0 aliphatic heterocycles. The molecule has 0 saturated heterocycles. The fourth-order valence-electron chi connectivity index (χ4n) is 1.70. The summed E-state index contributed by atoms with van der Waals surface area (Å²) in [6.07, 6.45) is 2.91. The Balaban J connectivity index is 2.19. The molecular formula is C13H12ClN3O3S. The summed E-state index contributed by atoms with van der Waals surface area (Å²) in [7, 11) is 0. The van der Waals surface area contributed by atoms with Crippen molar-refractivity contribution in [3.8, 4) is 0 Å². The fraction of sp³-hybridized carbons (Fsp3) is 0.154. The lowest BCUT2D eigenvalue weighted by Gasteiger charge is -2.08. The third-order valence-electron chi connectivity index (χ3n) is 2.84.